The van der Waals surface area contributed by atoms with Gasteiger partial charge in [0.25, 0.3) is 0 Å². The van der Waals surface area contributed by atoms with E-state index in [2.05, 4.69) is 0 Å². The number of aryl methyl sites for hydroxylation is 1. The lowest BCUT2D eigenvalue weighted by atomic mass is 10.2. The number of phenolic OH excluding ortho intramolecular Hbond substituents is 1. The van der Waals surface area contributed by atoms with Gasteiger partial charge in [-0.2, -0.15) is 13.5 Å². The van der Waals surface area contributed by atoms with Gasteiger partial charge in [0.15, 0.2) is 0 Å². The Labute approximate surface area is 73.3 Å². The summed E-state index contributed by atoms with van der Waals surface area (Å²) in [6, 6.07) is 7.25. The number of benzene rings is 1. The Morgan fingerprint density at radius 2 is 1.73 bits per heavy atom. The zero-order valence-electron chi connectivity index (χ0n) is 6.37. The molecule has 0 saturated carbocycles. The minimum Gasteiger partial charge on any atom is -0.508 e. The monoisotopic (exact) mass is 172 g/mol. The number of phenols is 1. The Morgan fingerprint density at radius 1 is 1.27 bits per heavy atom. The van der Waals surface area contributed by atoms with Crippen LogP contribution in [-0.4, -0.2) is 11.9 Å². The fraction of sp³-hybridized carbons (Fsp3) is 0.125. The first kappa shape index (κ1) is 12.7. The first-order valence-corrected chi connectivity index (χ1v) is 2.84. The molecule has 0 saturated heterocycles. The van der Waals surface area contributed by atoms with E-state index in [0.717, 1.165) is 5.56 Å². The molecule has 1 N–H and O–H groups in total. The minimum absolute atomic E-state index is 0. The van der Waals surface area contributed by atoms with Crippen molar-refractivity contribution in [2.75, 3.05) is 0 Å². The van der Waals surface area contributed by atoms with Crippen molar-refractivity contribution < 1.29 is 9.90 Å². The smallest absolute Gasteiger partial charge is 0.118 e. The molecular formula is C8H12O2S. The fourth-order valence-electron chi connectivity index (χ4n) is 0.563. The van der Waals surface area contributed by atoms with Crippen LogP contribution in [0.3, 0.4) is 0 Å². The van der Waals surface area contributed by atoms with Crippen molar-refractivity contribution in [1.82, 2.24) is 0 Å². The summed E-state index contributed by atoms with van der Waals surface area (Å²) in [6.07, 6.45) is 0. The molecule has 0 spiro atoms. The SMILES string of the molecule is C=O.Cc1ccccc1O.S. The van der Waals surface area contributed by atoms with Gasteiger partial charge < -0.3 is 9.90 Å². The van der Waals surface area contributed by atoms with Crippen molar-refractivity contribution in [1.29, 1.82) is 0 Å². The standard InChI is InChI=1S/C7H8O.CH2O.H2S/c1-6-4-2-3-5-7(6)8;1-2;/h2-5,8H,1H3;1H2;1H2. The summed E-state index contributed by atoms with van der Waals surface area (Å²) in [7, 11) is 0. The van der Waals surface area contributed by atoms with Gasteiger partial charge in [0.05, 0.1) is 0 Å². The second-order valence-corrected chi connectivity index (χ2v) is 1.79. The summed E-state index contributed by atoms with van der Waals surface area (Å²) in [5, 5.41) is 8.92. The summed E-state index contributed by atoms with van der Waals surface area (Å²) in [6.45, 7) is 3.87. The molecule has 0 aliphatic carbocycles. The predicted molar refractivity (Wildman–Crippen MR) is 50.3 cm³/mol. The van der Waals surface area contributed by atoms with Gasteiger partial charge >= 0.3 is 0 Å². The number of hydrogen-bond acceptors (Lipinski definition) is 2. The highest BCUT2D eigenvalue weighted by Gasteiger charge is 1.86. The number of para-hydroxylation sites is 1. The molecule has 0 atom stereocenters. The van der Waals surface area contributed by atoms with Crippen LogP contribution < -0.4 is 0 Å². The molecule has 1 rings (SSSR count). The molecule has 0 bridgehead atoms. The molecule has 3 heteroatoms. The van der Waals surface area contributed by atoms with E-state index in [-0.39, 0.29) is 13.5 Å². The largest absolute Gasteiger partial charge is 0.508 e. The molecule has 1 aromatic carbocycles. The Hall–Kier alpha value is -0.960. The zero-order chi connectivity index (χ0) is 7.98. The van der Waals surface area contributed by atoms with Gasteiger partial charge in [0.2, 0.25) is 0 Å². The highest BCUT2D eigenvalue weighted by atomic mass is 32.1. The average molecular weight is 172 g/mol. The lowest BCUT2D eigenvalue weighted by Gasteiger charge is -1.92. The van der Waals surface area contributed by atoms with E-state index < -0.39 is 0 Å². The average Bonchev–Trinajstić information content (AvgIpc) is 2.00. The summed E-state index contributed by atoms with van der Waals surface area (Å²) in [5.41, 5.74) is 0.924. The summed E-state index contributed by atoms with van der Waals surface area (Å²) in [4.78, 5) is 8.00. The number of hydrogen-bond donors (Lipinski definition) is 1. The second kappa shape index (κ2) is 7.15. The summed E-state index contributed by atoms with van der Waals surface area (Å²) >= 11 is 0. The first-order valence-electron chi connectivity index (χ1n) is 2.84. The van der Waals surface area contributed by atoms with E-state index in [9.17, 15) is 0 Å². The lowest BCUT2D eigenvalue weighted by molar-refractivity contribution is -0.0979. The van der Waals surface area contributed by atoms with Gasteiger partial charge in [-0.1, -0.05) is 18.2 Å². The topological polar surface area (TPSA) is 37.3 Å². The van der Waals surface area contributed by atoms with Crippen LogP contribution in [0.2, 0.25) is 0 Å². The molecule has 2 nitrogen and oxygen atoms in total. The maximum absolute atomic E-state index is 8.92. The summed E-state index contributed by atoms with van der Waals surface area (Å²) in [5.74, 6) is 0.368. The molecule has 62 valence electrons. The van der Waals surface area contributed by atoms with Crippen molar-refractivity contribution in [3.05, 3.63) is 29.8 Å². The quantitative estimate of drug-likeness (QED) is 0.645. The molecule has 0 radical (unpaired) electrons. The van der Waals surface area contributed by atoms with E-state index in [4.69, 9.17) is 9.90 Å². The van der Waals surface area contributed by atoms with Crippen LogP contribution >= 0.6 is 13.5 Å². The van der Waals surface area contributed by atoms with E-state index >= 15 is 0 Å². The molecule has 0 aliphatic heterocycles. The molecule has 0 unspecified atom stereocenters. The van der Waals surface area contributed by atoms with E-state index in [1.807, 2.05) is 31.9 Å². The van der Waals surface area contributed by atoms with Crippen LogP contribution in [0.25, 0.3) is 0 Å². The van der Waals surface area contributed by atoms with Crippen LogP contribution in [0.15, 0.2) is 24.3 Å². The number of aromatic hydroxyl groups is 1. The van der Waals surface area contributed by atoms with Crippen LogP contribution in [-0.2, 0) is 4.79 Å². The van der Waals surface area contributed by atoms with Crippen molar-refractivity contribution in [3.8, 4) is 5.75 Å². The third-order valence-electron chi connectivity index (χ3n) is 1.12. The van der Waals surface area contributed by atoms with E-state index in [1.54, 1.807) is 6.07 Å². The van der Waals surface area contributed by atoms with Gasteiger partial charge in [-0.15, -0.1) is 0 Å². The lowest BCUT2D eigenvalue weighted by Crippen LogP contribution is -1.68. The van der Waals surface area contributed by atoms with Gasteiger partial charge in [0.1, 0.15) is 12.5 Å². The molecule has 0 amide bonds. The third-order valence-corrected chi connectivity index (χ3v) is 1.12. The Kier molecular flexibility index (Phi) is 8.25. The van der Waals surface area contributed by atoms with Crippen molar-refractivity contribution >= 4 is 20.3 Å². The molecule has 1 aromatic rings. The maximum atomic E-state index is 8.92. The maximum Gasteiger partial charge on any atom is 0.118 e. The normalized spacial score (nSPS) is 7.00. The van der Waals surface area contributed by atoms with Crippen LogP contribution in [0, 0.1) is 6.92 Å². The van der Waals surface area contributed by atoms with E-state index in [1.165, 1.54) is 0 Å². The number of carbonyl (C=O) groups is 1. The molecule has 0 fully saturated rings. The highest BCUT2D eigenvalue weighted by Crippen LogP contribution is 2.12. The van der Waals surface area contributed by atoms with Crippen molar-refractivity contribution in [2.24, 2.45) is 0 Å². The van der Waals surface area contributed by atoms with Gasteiger partial charge in [-0.3, -0.25) is 0 Å². The third kappa shape index (κ3) is 4.44. The Morgan fingerprint density at radius 3 is 2.00 bits per heavy atom. The number of rotatable bonds is 0. The molecular weight excluding hydrogens is 160 g/mol. The molecule has 0 aromatic heterocycles. The van der Waals surface area contributed by atoms with Crippen LogP contribution in [0.4, 0.5) is 0 Å². The second-order valence-electron chi connectivity index (χ2n) is 1.79. The molecule has 0 heterocycles. The first-order chi connectivity index (χ1) is 4.80. The number of carbonyl (C=O) groups excluding carboxylic acids is 1. The Bertz CT molecular complexity index is 180. The van der Waals surface area contributed by atoms with E-state index in [0.29, 0.717) is 5.75 Å². The zero-order valence-corrected chi connectivity index (χ0v) is 7.37. The predicted octanol–water partition coefficient (Wildman–Crippen LogP) is 1.63. The molecule has 0 aliphatic rings. The molecule has 11 heavy (non-hydrogen) atoms. The minimum atomic E-state index is 0. The van der Waals surface area contributed by atoms with Gasteiger partial charge in [-0.05, 0) is 18.6 Å². The van der Waals surface area contributed by atoms with Gasteiger partial charge in [-0.25, -0.2) is 0 Å². The van der Waals surface area contributed by atoms with Crippen molar-refractivity contribution in [2.45, 2.75) is 6.92 Å². The van der Waals surface area contributed by atoms with Crippen LogP contribution in [0.5, 0.6) is 5.75 Å². The van der Waals surface area contributed by atoms with Gasteiger partial charge in [0, 0.05) is 0 Å². The van der Waals surface area contributed by atoms with Crippen LogP contribution in [0.1, 0.15) is 5.56 Å². The Balaban J connectivity index is 0. The highest BCUT2D eigenvalue weighted by molar-refractivity contribution is 7.59. The van der Waals surface area contributed by atoms with Crippen molar-refractivity contribution in [3.63, 3.8) is 0 Å². The summed E-state index contributed by atoms with van der Waals surface area (Å²) < 4.78 is 0. The fourth-order valence-corrected chi connectivity index (χ4v) is 0.563.